The zero-order chi connectivity index (χ0) is 7.56. The van der Waals surface area contributed by atoms with Crippen molar-refractivity contribution in [1.82, 2.24) is 0 Å². The smallest absolute Gasteiger partial charge is 0.162 e. The molecule has 0 radical (unpaired) electrons. The fraction of sp³-hybridized carbons (Fsp3) is 1.00. The molecule has 60 valence electrons. The van der Waals surface area contributed by atoms with Crippen molar-refractivity contribution < 1.29 is 20.1 Å². The molecule has 3 atom stereocenters. The van der Waals surface area contributed by atoms with Gasteiger partial charge in [0.25, 0.3) is 0 Å². The van der Waals surface area contributed by atoms with Crippen LogP contribution in [0.5, 0.6) is 0 Å². The van der Waals surface area contributed by atoms with Crippen LogP contribution in [0.3, 0.4) is 0 Å². The molecule has 3 N–H and O–H groups in total. The van der Waals surface area contributed by atoms with E-state index in [0.29, 0.717) is 13.0 Å². The van der Waals surface area contributed by atoms with Gasteiger partial charge in [-0.15, -0.1) is 0 Å². The van der Waals surface area contributed by atoms with E-state index >= 15 is 0 Å². The topological polar surface area (TPSA) is 69.9 Å². The number of ether oxygens (including phenoxy) is 1. The quantitative estimate of drug-likeness (QED) is 0.432. The average molecular weight is 148 g/mol. The minimum absolute atomic E-state index is 0.234. The van der Waals surface area contributed by atoms with Crippen molar-refractivity contribution >= 4 is 0 Å². The molecule has 0 aromatic heterocycles. The molecule has 1 fully saturated rings. The molecular weight excluding hydrogens is 136 g/mol. The summed E-state index contributed by atoms with van der Waals surface area (Å²) in [7, 11) is 0. The lowest BCUT2D eigenvalue weighted by Crippen LogP contribution is -2.41. The fourth-order valence-corrected chi connectivity index (χ4v) is 1.05. The molecule has 0 spiro atoms. The van der Waals surface area contributed by atoms with Gasteiger partial charge in [0.15, 0.2) is 6.29 Å². The SMILES string of the molecule is OC[C@H]1[C@H](O)CCO[C@H]1O. The van der Waals surface area contributed by atoms with E-state index in [1.165, 1.54) is 0 Å². The third-order valence-electron chi connectivity index (χ3n) is 1.77. The van der Waals surface area contributed by atoms with Gasteiger partial charge < -0.3 is 20.1 Å². The molecule has 0 aliphatic carbocycles. The second-order valence-electron chi connectivity index (χ2n) is 2.46. The molecule has 1 heterocycles. The molecule has 1 aliphatic heterocycles. The Kier molecular flexibility index (Phi) is 2.62. The Hall–Kier alpha value is -0.160. The molecule has 1 saturated heterocycles. The summed E-state index contributed by atoms with van der Waals surface area (Å²) in [5.41, 5.74) is 0. The first-order chi connectivity index (χ1) is 4.75. The maximum Gasteiger partial charge on any atom is 0.162 e. The van der Waals surface area contributed by atoms with E-state index in [-0.39, 0.29) is 6.61 Å². The second kappa shape index (κ2) is 3.30. The van der Waals surface area contributed by atoms with E-state index in [9.17, 15) is 0 Å². The Morgan fingerprint density at radius 1 is 1.40 bits per heavy atom. The van der Waals surface area contributed by atoms with Crippen LogP contribution in [0.2, 0.25) is 0 Å². The van der Waals surface area contributed by atoms with Crippen LogP contribution >= 0.6 is 0 Å². The van der Waals surface area contributed by atoms with E-state index in [2.05, 4.69) is 0 Å². The van der Waals surface area contributed by atoms with Gasteiger partial charge in [-0.3, -0.25) is 0 Å². The molecular formula is C6H12O4. The van der Waals surface area contributed by atoms with Crippen molar-refractivity contribution in [3.63, 3.8) is 0 Å². The highest BCUT2D eigenvalue weighted by Gasteiger charge is 2.30. The van der Waals surface area contributed by atoms with Crippen LogP contribution in [0, 0.1) is 5.92 Å². The maximum atomic E-state index is 9.14. The van der Waals surface area contributed by atoms with Gasteiger partial charge in [0.2, 0.25) is 0 Å². The third kappa shape index (κ3) is 1.46. The number of aliphatic hydroxyl groups excluding tert-OH is 3. The van der Waals surface area contributed by atoms with E-state index in [1.807, 2.05) is 0 Å². The summed E-state index contributed by atoms with van der Waals surface area (Å²) in [6, 6.07) is 0. The molecule has 1 rings (SSSR count). The van der Waals surface area contributed by atoms with Crippen LogP contribution < -0.4 is 0 Å². The average Bonchev–Trinajstić information content (AvgIpc) is 1.88. The molecule has 1 aliphatic rings. The van der Waals surface area contributed by atoms with Crippen molar-refractivity contribution in [3.8, 4) is 0 Å². The van der Waals surface area contributed by atoms with Gasteiger partial charge in [-0.2, -0.15) is 0 Å². The monoisotopic (exact) mass is 148 g/mol. The van der Waals surface area contributed by atoms with Gasteiger partial charge in [-0.25, -0.2) is 0 Å². The van der Waals surface area contributed by atoms with Crippen molar-refractivity contribution in [2.24, 2.45) is 5.92 Å². The van der Waals surface area contributed by atoms with Crippen molar-refractivity contribution in [3.05, 3.63) is 0 Å². The van der Waals surface area contributed by atoms with Gasteiger partial charge in [-0.1, -0.05) is 0 Å². The number of aliphatic hydroxyl groups is 3. The minimum atomic E-state index is -1.01. The van der Waals surface area contributed by atoms with Crippen LogP contribution in [0.15, 0.2) is 0 Å². The van der Waals surface area contributed by atoms with Crippen molar-refractivity contribution in [2.45, 2.75) is 18.8 Å². The third-order valence-corrected chi connectivity index (χ3v) is 1.77. The Bertz CT molecular complexity index is 95.9. The van der Waals surface area contributed by atoms with E-state index in [1.54, 1.807) is 0 Å². The highest BCUT2D eigenvalue weighted by molar-refractivity contribution is 4.74. The standard InChI is InChI=1S/C6H12O4/c7-3-4-5(8)1-2-10-6(4)9/h4-9H,1-3H2/t4-,5+,6+/m0/s1. The van der Waals surface area contributed by atoms with Gasteiger partial charge >= 0.3 is 0 Å². The first kappa shape index (κ1) is 7.94. The largest absolute Gasteiger partial charge is 0.396 e. The Balaban J connectivity index is 2.45. The summed E-state index contributed by atoms with van der Waals surface area (Å²) in [6.45, 7) is 0.126. The molecule has 4 nitrogen and oxygen atoms in total. The predicted octanol–water partition coefficient (Wildman–Crippen LogP) is -1.31. The number of hydrogen-bond acceptors (Lipinski definition) is 4. The van der Waals surface area contributed by atoms with Crippen molar-refractivity contribution in [1.29, 1.82) is 0 Å². The summed E-state index contributed by atoms with van der Waals surface area (Å²) >= 11 is 0. The van der Waals surface area contributed by atoms with E-state index in [4.69, 9.17) is 20.1 Å². The maximum absolute atomic E-state index is 9.14. The van der Waals surface area contributed by atoms with Crippen LogP contribution in [0.4, 0.5) is 0 Å². The molecule has 0 aromatic carbocycles. The van der Waals surface area contributed by atoms with E-state index < -0.39 is 18.3 Å². The molecule has 0 unspecified atom stereocenters. The molecule has 0 saturated carbocycles. The van der Waals surface area contributed by atoms with Gasteiger partial charge in [0.05, 0.1) is 25.2 Å². The van der Waals surface area contributed by atoms with Crippen LogP contribution in [0.25, 0.3) is 0 Å². The Labute approximate surface area is 59.1 Å². The number of rotatable bonds is 1. The van der Waals surface area contributed by atoms with E-state index in [0.717, 1.165) is 0 Å². The van der Waals surface area contributed by atoms with Crippen molar-refractivity contribution in [2.75, 3.05) is 13.2 Å². The summed E-state index contributed by atoms with van der Waals surface area (Å²) in [5, 5.41) is 26.8. The second-order valence-corrected chi connectivity index (χ2v) is 2.46. The summed E-state index contributed by atoms with van der Waals surface area (Å²) in [6.07, 6.45) is -1.15. The summed E-state index contributed by atoms with van der Waals surface area (Å²) in [4.78, 5) is 0. The highest BCUT2D eigenvalue weighted by atomic mass is 16.6. The van der Waals surface area contributed by atoms with Gasteiger partial charge in [0.1, 0.15) is 0 Å². The molecule has 0 bridgehead atoms. The first-order valence-electron chi connectivity index (χ1n) is 3.34. The highest BCUT2D eigenvalue weighted by Crippen LogP contribution is 2.18. The lowest BCUT2D eigenvalue weighted by atomic mass is 9.98. The van der Waals surface area contributed by atoms with Gasteiger partial charge in [0, 0.05) is 0 Å². The Morgan fingerprint density at radius 3 is 2.50 bits per heavy atom. The number of hydrogen-bond donors (Lipinski definition) is 3. The summed E-state index contributed by atoms with van der Waals surface area (Å²) < 4.78 is 4.79. The summed E-state index contributed by atoms with van der Waals surface area (Å²) in [5.74, 6) is -0.534. The van der Waals surface area contributed by atoms with Crippen LogP contribution in [0.1, 0.15) is 6.42 Å². The van der Waals surface area contributed by atoms with Gasteiger partial charge in [-0.05, 0) is 6.42 Å². The van der Waals surface area contributed by atoms with Crippen LogP contribution in [-0.2, 0) is 4.74 Å². The molecule has 0 amide bonds. The molecule has 4 heteroatoms. The fourth-order valence-electron chi connectivity index (χ4n) is 1.05. The lowest BCUT2D eigenvalue weighted by molar-refractivity contribution is -0.201. The minimum Gasteiger partial charge on any atom is -0.396 e. The first-order valence-corrected chi connectivity index (χ1v) is 3.34. The zero-order valence-electron chi connectivity index (χ0n) is 5.60. The zero-order valence-corrected chi connectivity index (χ0v) is 5.60. The normalized spacial score (nSPS) is 41.7. The molecule has 10 heavy (non-hydrogen) atoms. The van der Waals surface area contributed by atoms with Crippen LogP contribution in [-0.4, -0.2) is 40.9 Å². The lowest BCUT2D eigenvalue weighted by Gasteiger charge is -2.30. The predicted molar refractivity (Wildman–Crippen MR) is 33.2 cm³/mol. The Morgan fingerprint density at radius 2 is 2.10 bits per heavy atom. The molecule has 0 aromatic rings.